The number of hydrogen-bond acceptors (Lipinski definition) is 5. The smallest absolute Gasteiger partial charge is 0.306 e. The second-order valence-electron chi connectivity index (χ2n) is 5.88. The SMILES string of the molecule is CC1CN(C(=O)c2cc(Cl)ccc2-n2cnnn2)CCC1C(=O)O. The van der Waals surface area contributed by atoms with Crippen LogP contribution in [0.5, 0.6) is 0 Å². The number of hydrogen-bond donors (Lipinski definition) is 1. The number of likely N-dealkylation sites (tertiary alicyclic amines) is 1. The Kier molecular flexibility index (Phi) is 4.48. The molecule has 2 heterocycles. The summed E-state index contributed by atoms with van der Waals surface area (Å²) in [5.41, 5.74) is 0.915. The molecule has 1 aromatic carbocycles. The summed E-state index contributed by atoms with van der Waals surface area (Å²) in [6, 6.07) is 4.92. The summed E-state index contributed by atoms with van der Waals surface area (Å²) < 4.78 is 1.40. The Bertz CT molecular complexity index is 764. The number of carbonyl (C=O) groups excluding carboxylic acids is 1. The number of carboxylic acid groups (broad SMARTS) is 1. The maximum absolute atomic E-state index is 12.9. The lowest BCUT2D eigenvalue weighted by atomic mass is 9.87. The first-order valence-electron chi connectivity index (χ1n) is 7.52. The molecule has 0 saturated carbocycles. The molecule has 24 heavy (non-hydrogen) atoms. The van der Waals surface area contributed by atoms with Crippen LogP contribution in [0, 0.1) is 11.8 Å². The van der Waals surface area contributed by atoms with Gasteiger partial charge in [0.2, 0.25) is 0 Å². The molecular formula is C15H16ClN5O3. The maximum Gasteiger partial charge on any atom is 0.306 e. The van der Waals surface area contributed by atoms with Crippen LogP contribution in [-0.2, 0) is 4.79 Å². The van der Waals surface area contributed by atoms with Crippen LogP contribution in [0.2, 0.25) is 5.02 Å². The Hall–Kier alpha value is -2.48. The molecule has 1 N–H and O–H groups in total. The number of amides is 1. The number of benzene rings is 1. The van der Waals surface area contributed by atoms with E-state index in [-0.39, 0.29) is 11.8 Å². The molecule has 1 saturated heterocycles. The maximum atomic E-state index is 12.9. The van der Waals surface area contributed by atoms with Gasteiger partial charge in [0, 0.05) is 18.1 Å². The molecule has 1 fully saturated rings. The van der Waals surface area contributed by atoms with E-state index in [0.29, 0.717) is 35.8 Å². The van der Waals surface area contributed by atoms with Crippen molar-refractivity contribution in [3.05, 3.63) is 35.1 Å². The average Bonchev–Trinajstić information content (AvgIpc) is 3.07. The predicted molar refractivity (Wildman–Crippen MR) is 85.0 cm³/mol. The monoisotopic (exact) mass is 349 g/mol. The molecule has 1 aliphatic heterocycles. The van der Waals surface area contributed by atoms with Crippen LogP contribution in [0.3, 0.4) is 0 Å². The Morgan fingerprint density at radius 1 is 1.38 bits per heavy atom. The van der Waals surface area contributed by atoms with E-state index >= 15 is 0 Å². The summed E-state index contributed by atoms with van der Waals surface area (Å²) in [6.45, 7) is 2.62. The third kappa shape index (κ3) is 3.09. The number of rotatable bonds is 3. The average molecular weight is 350 g/mol. The van der Waals surface area contributed by atoms with E-state index in [9.17, 15) is 14.7 Å². The molecule has 0 aliphatic carbocycles. The van der Waals surface area contributed by atoms with Crippen molar-refractivity contribution in [3.63, 3.8) is 0 Å². The van der Waals surface area contributed by atoms with E-state index in [1.54, 1.807) is 23.1 Å². The molecule has 1 amide bonds. The first-order chi connectivity index (χ1) is 11.5. The molecule has 2 atom stereocenters. The fourth-order valence-corrected chi connectivity index (χ4v) is 3.19. The van der Waals surface area contributed by atoms with Gasteiger partial charge in [-0.3, -0.25) is 9.59 Å². The number of carbonyl (C=O) groups is 2. The van der Waals surface area contributed by atoms with Crippen molar-refractivity contribution < 1.29 is 14.7 Å². The van der Waals surface area contributed by atoms with Crippen molar-refractivity contribution in [1.82, 2.24) is 25.1 Å². The minimum absolute atomic E-state index is 0.115. The van der Waals surface area contributed by atoms with Crippen LogP contribution in [0.1, 0.15) is 23.7 Å². The lowest BCUT2D eigenvalue weighted by Gasteiger charge is -2.35. The van der Waals surface area contributed by atoms with E-state index in [1.807, 2.05) is 6.92 Å². The lowest BCUT2D eigenvalue weighted by molar-refractivity contribution is -0.145. The molecule has 8 nitrogen and oxygen atoms in total. The van der Waals surface area contributed by atoms with Crippen LogP contribution in [-0.4, -0.2) is 55.2 Å². The largest absolute Gasteiger partial charge is 0.481 e. The topological polar surface area (TPSA) is 101 Å². The van der Waals surface area contributed by atoms with Gasteiger partial charge in [-0.05, 0) is 41.0 Å². The summed E-state index contributed by atoms with van der Waals surface area (Å²) in [5.74, 6) is -1.56. The van der Waals surface area contributed by atoms with Gasteiger partial charge < -0.3 is 10.0 Å². The first-order valence-corrected chi connectivity index (χ1v) is 7.90. The zero-order valence-electron chi connectivity index (χ0n) is 13.0. The lowest BCUT2D eigenvalue weighted by Crippen LogP contribution is -2.45. The van der Waals surface area contributed by atoms with Crippen LogP contribution < -0.4 is 0 Å². The van der Waals surface area contributed by atoms with Crippen molar-refractivity contribution in [3.8, 4) is 5.69 Å². The van der Waals surface area contributed by atoms with Gasteiger partial charge in [0.1, 0.15) is 6.33 Å². The minimum Gasteiger partial charge on any atom is -0.481 e. The number of aliphatic carboxylic acids is 1. The standard InChI is InChI=1S/C15H16ClN5O3/c1-9-7-20(5-4-11(9)15(23)24)14(22)12-6-10(16)2-3-13(12)21-8-17-18-19-21/h2-3,6,8-9,11H,4-5,7H2,1H3,(H,23,24). The molecule has 2 aromatic rings. The van der Waals surface area contributed by atoms with Crippen molar-refractivity contribution in [1.29, 1.82) is 0 Å². The number of nitrogens with zero attached hydrogens (tertiary/aromatic N) is 5. The van der Waals surface area contributed by atoms with Gasteiger partial charge in [-0.2, -0.15) is 4.68 Å². The number of piperidine rings is 1. The molecule has 0 radical (unpaired) electrons. The molecular weight excluding hydrogens is 334 g/mol. The van der Waals surface area contributed by atoms with Crippen LogP contribution in [0.4, 0.5) is 0 Å². The Balaban J connectivity index is 1.88. The molecule has 0 bridgehead atoms. The Morgan fingerprint density at radius 2 is 2.17 bits per heavy atom. The summed E-state index contributed by atoms with van der Waals surface area (Å²) in [7, 11) is 0. The highest BCUT2D eigenvalue weighted by molar-refractivity contribution is 6.31. The summed E-state index contributed by atoms with van der Waals surface area (Å²) in [5, 5.41) is 20.6. The number of halogens is 1. The van der Waals surface area contributed by atoms with Gasteiger partial charge in [-0.15, -0.1) is 5.10 Å². The van der Waals surface area contributed by atoms with Gasteiger partial charge in [0.05, 0.1) is 17.2 Å². The first kappa shape index (κ1) is 16.4. The normalized spacial score (nSPS) is 20.8. The summed E-state index contributed by atoms with van der Waals surface area (Å²) >= 11 is 6.05. The third-order valence-electron chi connectivity index (χ3n) is 4.29. The van der Waals surface area contributed by atoms with E-state index in [4.69, 9.17) is 11.6 Å². The second-order valence-corrected chi connectivity index (χ2v) is 6.31. The van der Waals surface area contributed by atoms with Gasteiger partial charge in [-0.1, -0.05) is 18.5 Å². The van der Waals surface area contributed by atoms with Crippen LogP contribution in [0.25, 0.3) is 5.69 Å². The van der Waals surface area contributed by atoms with E-state index in [0.717, 1.165) is 0 Å². The highest BCUT2D eigenvalue weighted by atomic mass is 35.5. The molecule has 1 aromatic heterocycles. The summed E-state index contributed by atoms with van der Waals surface area (Å²) in [6.07, 6.45) is 1.84. The molecule has 2 unspecified atom stereocenters. The van der Waals surface area contributed by atoms with Gasteiger partial charge in [0.25, 0.3) is 5.91 Å². The third-order valence-corrected chi connectivity index (χ3v) is 4.53. The Labute approximate surface area is 143 Å². The van der Waals surface area contributed by atoms with Crippen molar-refractivity contribution in [2.24, 2.45) is 11.8 Å². The highest BCUT2D eigenvalue weighted by Gasteiger charge is 2.34. The molecule has 3 rings (SSSR count). The van der Waals surface area contributed by atoms with Gasteiger partial charge in [0.15, 0.2) is 0 Å². The summed E-state index contributed by atoms with van der Waals surface area (Å²) in [4.78, 5) is 25.8. The fraction of sp³-hybridized carbons (Fsp3) is 0.400. The van der Waals surface area contributed by atoms with Crippen molar-refractivity contribution in [2.45, 2.75) is 13.3 Å². The number of tetrazole rings is 1. The van der Waals surface area contributed by atoms with E-state index in [1.165, 1.54) is 11.0 Å². The van der Waals surface area contributed by atoms with Gasteiger partial charge >= 0.3 is 5.97 Å². The van der Waals surface area contributed by atoms with Crippen molar-refractivity contribution >= 4 is 23.5 Å². The molecule has 0 spiro atoms. The van der Waals surface area contributed by atoms with Crippen LogP contribution >= 0.6 is 11.6 Å². The van der Waals surface area contributed by atoms with E-state index < -0.39 is 11.9 Å². The highest BCUT2D eigenvalue weighted by Crippen LogP contribution is 2.27. The van der Waals surface area contributed by atoms with E-state index in [2.05, 4.69) is 15.5 Å². The van der Waals surface area contributed by atoms with Crippen molar-refractivity contribution in [2.75, 3.05) is 13.1 Å². The van der Waals surface area contributed by atoms with Crippen LogP contribution in [0.15, 0.2) is 24.5 Å². The second kappa shape index (κ2) is 6.56. The molecule has 9 heteroatoms. The predicted octanol–water partition coefficient (Wildman–Crippen LogP) is 1.50. The van der Waals surface area contributed by atoms with Gasteiger partial charge in [-0.25, -0.2) is 0 Å². The fourth-order valence-electron chi connectivity index (χ4n) is 3.02. The molecule has 1 aliphatic rings. The number of carboxylic acids is 1. The quantitative estimate of drug-likeness (QED) is 0.901. The zero-order valence-corrected chi connectivity index (χ0v) is 13.7. The Morgan fingerprint density at radius 3 is 2.79 bits per heavy atom. The molecule has 126 valence electrons. The number of aromatic nitrogens is 4. The minimum atomic E-state index is -0.813. The zero-order chi connectivity index (χ0) is 17.3.